The van der Waals surface area contributed by atoms with Gasteiger partial charge in [-0.1, -0.05) is 0 Å². The standard InChI is InChI=1S/C9H11N7O2/c17-16(18)7-4-11-9(12-5-7)10-3-1-2-8-13-6-14-15-8/h4-6H,1-3H2,(H,10,11,12)(H,13,14,15). The lowest BCUT2D eigenvalue weighted by Crippen LogP contribution is -2.07. The van der Waals surface area contributed by atoms with E-state index in [2.05, 4.69) is 30.5 Å². The lowest BCUT2D eigenvalue weighted by Gasteiger charge is -2.02. The van der Waals surface area contributed by atoms with Crippen LogP contribution in [0.1, 0.15) is 12.2 Å². The van der Waals surface area contributed by atoms with Gasteiger partial charge in [-0.05, 0) is 6.42 Å². The van der Waals surface area contributed by atoms with Gasteiger partial charge in [0, 0.05) is 13.0 Å². The molecule has 2 aromatic rings. The van der Waals surface area contributed by atoms with Crippen LogP contribution in [0, 0.1) is 10.1 Å². The van der Waals surface area contributed by atoms with Crippen LogP contribution in [0.15, 0.2) is 18.7 Å². The van der Waals surface area contributed by atoms with E-state index in [9.17, 15) is 10.1 Å². The highest BCUT2D eigenvalue weighted by atomic mass is 16.6. The zero-order chi connectivity index (χ0) is 12.8. The average molecular weight is 249 g/mol. The van der Waals surface area contributed by atoms with Crippen molar-refractivity contribution in [2.45, 2.75) is 12.8 Å². The van der Waals surface area contributed by atoms with Gasteiger partial charge in [-0.2, -0.15) is 5.10 Å². The van der Waals surface area contributed by atoms with Gasteiger partial charge in [0.05, 0.1) is 4.92 Å². The number of aryl methyl sites for hydroxylation is 1. The number of hydrogen-bond acceptors (Lipinski definition) is 7. The SMILES string of the molecule is O=[N+]([O-])c1cnc(NCCCc2ncn[nH]2)nc1. The molecule has 0 saturated heterocycles. The lowest BCUT2D eigenvalue weighted by molar-refractivity contribution is -0.385. The molecule has 0 unspecified atom stereocenters. The Hall–Kier alpha value is -2.58. The van der Waals surface area contributed by atoms with E-state index >= 15 is 0 Å². The van der Waals surface area contributed by atoms with Crippen LogP contribution < -0.4 is 5.32 Å². The monoisotopic (exact) mass is 249 g/mol. The zero-order valence-electron chi connectivity index (χ0n) is 9.41. The van der Waals surface area contributed by atoms with Crippen molar-refractivity contribution in [3.8, 4) is 0 Å². The molecule has 94 valence electrons. The Bertz CT molecular complexity index is 496. The summed E-state index contributed by atoms with van der Waals surface area (Å²) in [6, 6.07) is 0. The maximum absolute atomic E-state index is 10.4. The number of anilines is 1. The molecule has 0 aromatic carbocycles. The minimum absolute atomic E-state index is 0.123. The van der Waals surface area contributed by atoms with Crippen LogP contribution in [-0.2, 0) is 6.42 Å². The van der Waals surface area contributed by atoms with Crippen LogP contribution in [0.4, 0.5) is 11.6 Å². The van der Waals surface area contributed by atoms with Gasteiger partial charge in [-0.15, -0.1) is 0 Å². The summed E-state index contributed by atoms with van der Waals surface area (Å²) in [5.74, 6) is 1.19. The van der Waals surface area contributed by atoms with Gasteiger partial charge in [0.25, 0.3) is 0 Å². The minimum Gasteiger partial charge on any atom is -0.354 e. The number of aromatic nitrogens is 5. The minimum atomic E-state index is -0.534. The normalized spacial score (nSPS) is 10.2. The molecule has 18 heavy (non-hydrogen) atoms. The highest BCUT2D eigenvalue weighted by Gasteiger charge is 2.06. The molecule has 2 aromatic heterocycles. The Morgan fingerprint density at radius 1 is 1.33 bits per heavy atom. The summed E-state index contributed by atoms with van der Waals surface area (Å²) >= 11 is 0. The maximum Gasteiger partial charge on any atom is 0.305 e. The highest BCUT2D eigenvalue weighted by molar-refractivity contribution is 5.30. The summed E-state index contributed by atoms with van der Waals surface area (Å²) in [5, 5.41) is 19.9. The lowest BCUT2D eigenvalue weighted by atomic mass is 10.3. The van der Waals surface area contributed by atoms with Crippen molar-refractivity contribution in [3.63, 3.8) is 0 Å². The van der Waals surface area contributed by atoms with E-state index < -0.39 is 4.92 Å². The topological polar surface area (TPSA) is 123 Å². The van der Waals surface area contributed by atoms with E-state index in [1.165, 1.54) is 18.7 Å². The molecule has 0 atom stereocenters. The molecule has 0 aliphatic rings. The summed E-state index contributed by atoms with van der Waals surface area (Å²) in [6.45, 7) is 0.651. The second kappa shape index (κ2) is 5.66. The third-order valence-electron chi connectivity index (χ3n) is 2.19. The van der Waals surface area contributed by atoms with E-state index in [4.69, 9.17) is 0 Å². The van der Waals surface area contributed by atoms with Gasteiger partial charge in [0.2, 0.25) is 5.95 Å². The van der Waals surface area contributed by atoms with Gasteiger partial charge in [0.1, 0.15) is 24.5 Å². The first kappa shape index (κ1) is 11.9. The molecule has 0 saturated carbocycles. The highest BCUT2D eigenvalue weighted by Crippen LogP contribution is 2.08. The molecule has 2 N–H and O–H groups in total. The fraction of sp³-hybridized carbons (Fsp3) is 0.333. The van der Waals surface area contributed by atoms with Crippen molar-refractivity contribution >= 4 is 11.6 Å². The van der Waals surface area contributed by atoms with Crippen LogP contribution in [0.5, 0.6) is 0 Å². The molecule has 0 aliphatic carbocycles. The number of hydrogen-bond donors (Lipinski definition) is 2. The number of nitro groups is 1. The molecule has 0 bridgehead atoms. The molecular formula is C9H11N7O2. The maximum atomic E-state index is 10.4. The number of H-pyrrole nitrogens is 1. The van der Waals surface area contributed by atoms with Crippen LogP contribution in [-0.4, -0.2) is 36.6 Å². The predicted octanol–water partition coefficient (Wildman–Crippen LogP) is 0.548. The molecule has 2 rings (SSSR count). The first-order valence-electron chi connectivity index (χ1n) is 5.30. The molecule has 2 heterocycles. The Labute approximate surface area is 102 Å². The number of nitrogens with zero attached hydrogens (tertiary/aromatic N) is 5. The number of nitrogens with one attached hydrogen (secondary N) is 2. The average Bonchev–Trinajstić information content (AvgIpc) is 2.88. The Morgan fingerprint density at radius 3 is 2.72 bits per heavy atom. The quantitative estimate of drug-likeness (QED) is 0.435. The van der Waals surface area contributed by atoms with E-state index in [-0.39, 0.29) is 5.69 Å². The molecule has 9 heteroatoms. The van der Waals surface area contributed by atoms with Crippen LogP contribution in [0.25, 0.3) is 0 Å². The predicted molar refractivity (Wildman–Crippen MR) is 61.9 cm³/mol. The molecule has 0 amide bonds. The molecule has 9 nitrogen and oxygen atoms in total. The van der Waals surface area contributed by atoms with Gasteiger partial charge in [0.15, 0.2) is 0 Å². The summed E-state index contributed by atoms with van der Waals surface area (Å²) < 4.78 is 0. The van der Waals surface area contributed by atoms with Crippen molar-refractivity contribution in [2.75, 3.05) is 11.9 Å². The fourth-order valence-electron chi connectivity index (χ4n) is 1.31. The van der Waals surface area contributed by atoms with E-state index in [0.717, 1.165) is 18.7 Å². The first-order valence-corrected chi connectivity index (χ1v) is 5.30. The number of aromatic amines is 1. The fourth-order valence-corrected chi connectivity index (χ4v) is 1.31. The van der Waals surface area contributed by atoms with Gasteiger partial charge >= 0.3 is 5.69 Å². The Morgan fingerprint density at radius 2 is 2.11 bits per heavy atom. The Kier molecular flexibility index (Phi) is 3.74. The van der Waals surface area contributed by atoms with E-state index in [0.29, 0.717) is 12.5 Å². The van der Waals surface area contributed by atoms with Crippen LogP contribution >= 0.6 is 0 Å². The molecule has 0 fully saturated rings. The molecule has 0 spiro atoms. The van der Waals surface area contributed by atoms with Gasteiger partial charge in [-0.3, -0.25) is 15.2 Å². The summed E-state index contributed by atoms with van der Waals surface area (Å²) in [6.07, 6.45) is 5.40. The van der Waals surface area contributed by atoms with Gasteiger partial charge < -0.3 is 5.32 Å². The van der Waals surface area contributed by atoms with Crippen molar-refractivity contribution in [1.29, 1.82) is 0 Å². The number of rotatable bonds is 6. The third-order valence-corrected chi connectivity index (χ3v) is 2.19. The first-order chi connectivity index (χ1) is 8.75. The summed E-state index contributed by atoms with van der Waals surface area (Å²) in [5.41, 5.74) is -0.123. The van der Waals surface area contributed by atoms with E-state index in [1.54, 1.807) is 0 Å². The van der Waals surface area contributed by atoms with Gasteiger partial charge in [-0.25, -0.2) is 15.0 Å². The van der Waals surface area contributed by atoms with Crippen molar-refractivity contribution < 1.29 is 4.92 Å². The third kappa shape index (κ3) is 3.20. The zero-order valence-corrected chi connectivity index (χ0v) is 9.41. The largest absolute Gasteiger partial charge is 0.354 e. The van der Waals surface area contributed by atoms with Crippen molar-refractivity contribution in [3.05, 3.63) is 34.7 Å². The van der Waals surface area contributed by atoms with Crippen LogP contribution in [0.2, 0.25) is 0 Å². The van der Waals surface area contributed by atoms with Crippen molar-refractivity contribution in [2.24, 2.45) is 0 Å². The molecule has 0 radical (unpaired) electrons. The second-order valence-electron chi connectivity index (χ2n) is 3.48. The molecular weight excluding hydrogens is 238 g/mol. The second-order valence-corrected chi connectivity index (χ2v) is 3.48. The smallest absolute Gasteiger partial charge is 0.305 e. The summed E-state index contributed by atoms with van der Waals surface area (Å²) in [7, 11) is 0. The summed E-state index contributed by atoms with van der Waals surface area (Å²) in [4.78, 5) is 21.5. The molecule has 0 aliphatic heterocycles. The van der Waals surface area contributed by atoms with Crippen molar-refractivity contribution in [1.82, 2.24) is 25.1 Å². The Balaban J connectivity index is 1.75. The van der Waals surface area contributed by atoms with E-state index in [1.807, 2.05) is 0 Å². The van der Waals surface area contributed by atoms with Crippen LogP contribution in [0.3, 0.4) is 0 Å².